The van der Waals surface area contributed by atoms with E-state index in [9.17, 15) is 19.7 Å². The molecule has 0 unspecified atom stereocenters. The van der Waals surface area contributed by atoms with Crippen molar-refractivity contribution < 1.29 is 14.5 Å². The average Bonchev–Trinajstić information content (AvgIpc) is 2.85. The molecule has 11 heteroatoms. The molecule has 1 aliphatic heterocycles. The fraction of sp³-hybridized carbons (Fsp3) is 0.348. The van der Waals surface area contributed by atoms with Gasteiger partial charge in [-0.15, -0.1) is 0 Å². The number of hydrogen-bond donors (Lipinski definition) is 1. The van der Waals surface area contributed by atoms with Crippen molar-refractivity contribution in [2.75, 3.05) is 43.9 Å². The number of para-hydroxylation sites is 3. The lowest BCUT2D eigenvalue weighted by atomic mass is 10.2. The summed E-state index contributed by atoms with van der Waals surface area (Å²) in [4.78, 5) is 43.3. The van der Waals surface area contributed by atoms with Crippen LogP contribution in [0.1, 0.15) is 6.42 Å². The molecule has 0 atom stereocenters. The van der Waals surface area contributed by atoms with Gasteiger partial charge < -0.3 is 10.1 Å². The number of hydrogen-bond acceptors (Lipinski definition) is 8. The molecule has 3 aromatic rings. The number of thioether (sulfide) groups is 1. The molecule has 0 saturated carbocycles. The van der Waals surface area contributed by atoms with Gasteiger partial charge in [-0.25, -0.2) is 4.98 Å². The van der Waals surface area contributed by atoms with Gasteiger partial charge in [0.2, 0.25) is 5.91 Å². The number of nitro benzene ring substituents is 1. The third kappa shape index (κ3) is 5.79. The van der Waals surface area contributed by atoms with Gasteiger partial charge in [-0.05, 0) is 24.6 Å². The molecule has 0 bridgehead atoms. The summed E-state index contributed by atoms with van der Waals surface area (Å²) >= 11 is 1.14. The Bertz CT molecular complexity index is 1240. The maximum atomic E-state index is 13.2. The summed E-state index contributed by atoms with van der Waals surface area (Å²) in [5.74, 6) is -0.457. The molecule has 10 nitrogen and oxygen atoms in total. The number of aromatic nitrogens is 2. The zero-order valence-electron chi connectivity index (χ0n) is 18.5. The number of nitrogens with zero attached hydrogens (tertiary/aromatic N) is 4. The smallest absolute Gasteiger partial charge is 0.292 e. The van der Waals surface area contributed by atoms with Gasteiger partial charge in [0.1, 0.15) is 5.69 Å². The summed E-state index contributed by atoms with van der Waals surface area (Å²) in [7, 11) is 0. The molecular weight excluding hydrogens is 458 g/mol. The number of morpholine rings is 1. The molecule has 2 aromatic carbocycles. The second kappa shape index (κ2) is 11.2. The van der Waals surface area contributed by atoms with Crippen LogP contribution in [0.2, 0.25) is 0 Å². The molecule has 178 valence electrons. The first-order chi connectivity index (χ1) is 16.5. The third-order valence-corrected chi connectivity index (χ3v) is 6.47. The molecule has 2 heterocycles. The highest BCUT2D eigenvalue weighted by molar-refractivity contribution is 7.99. The van der Waals surface area contributed by atoms with Gasteiger partial charge in [0, 0.05) is 32.2 Å². The molecule has 1 amide bonds. The molecule has 34 heavy (non-hydrogen) atoms. The van der Waals surface area contributed by atoms with Crippen molar-refractivity contribution in [2.45, 2.75) is 18.1 Å². The number of carbonyl (C=O) groups excluding carboxylic acids is 1. The largest absolute Gasteiger partial charge is 0.379 e. The number of ether oxygens (including phenoxy) is 1. The quantitative estimate of drug-likeness (QED) is 0.214. The van der Waals surface area contributed by atoms with E-state index >= 15 is 0 Å². The number of amides is 1. The molecule has 1 aromatic heterocycles. The standard InChI is InChI=1S/C23H25N5O5S/c29-21(24-19-8-3-4-9-20(19)28(31)32)16-34-23-25-18-7-2-1-6-17(18)22(30)27(23)11-5-10-26-12-14-33-15-13-26/h1-4,6-9H,5,10-16H2,(H,24,29). The van der Waals surface area contributed by atoms with Crippen LogP contribution in [-0.4, -0.2) is 63.9 Å². The lowest BCUT2D eigenvalue weighted by molar-refractivity contribution is -0.383. The Morgan fingerprint density at radius 3 is 2.65 bits per heavy atom. The first-order valence-corrected chi connectivity index (χ1v) is 12.0. The minimum atomic E-state index is -0.542. The van der Waals surface area contributed by atoms with Crippen LogP contribution in [-0.2, 0) is 16.1 Å². The fourth-order valence-electron chi connectivity index (χ4n) is 3.79. The third-order valence-electron chi connectivity index (χ3n) is 5.49. The number of carbonyl (C=O) groups is 1. The Hall–Kier alpha value is -3.28. The molecule has 1 fully saturated rings. The van der Waals surface area contributed by atoms with Crippen molar-refractivity contribution in [1.29, 1.82) is 0 Å². The number of rotatable bonds is 9. The van der Waals surface area contributed by atoms with E-state index in [1.807, 2.05) is 6.07 Å². The number of nitro groups is 1. The summed E-state index contributed by atoms with van der Waals surface area (Å²) in [6, 6.07) is 13.1. The van der Waals surface area contributed by atoms with E-state index in [4.69, 9.17) is 4.74 Å². The Balaban J connectivity index is 1.49. The van der Waals surface area contributed by atoms with Crippen LogP contribution in [0, 0.1) is 10.1 Å². The van der Waals surface area contributed by atoms with Gasteiger partial charge in [0.05, 0.1) is 34.8 Å². The van der Waals surface area contributed by atoms with Crippen molar-refractivity contribution in [2.24, 2.45) is 0 Å². The lowest BCUT2D eigenvalue weighted by Gasteiger charge is -2.26. The zero-order chi connectivity index (χ0) is 23.9. The van der Waals surface area contributed by atoms with Gasteiger partial charge in [-0.1, -0.05) is 36.0 Å². The van der Waals surface area contributed by atoms with E-state index in [1.165, 1.54) is 18.2 Å². The first kappa shape index (κ1) is 23.9. The average molecular weight is 484 g/mol. The SMILES string of the molecule is O=C(CSc1nc2ccccc2c(=O)n1CCCN1CCOCC1)Nc1ccccc1[N+](=O)[O-]. The molecule has 1 aliphatic rings. The minimum Gasteiger partial charge on any atom is -0.379 e. The number of benzene rings is 2. The van der Waals surface area contributed by atoms with Gasteiger partial charge >= 0.3 is 0 Å². The zero-order valence-corrected chi connectivity index (χ0v) is 19.3. The highest BCUT2D eigenvalue weighted by Crippen LogP contribution is 2.24. The van der Waals surface area contributed by atoms with Gasteiger partial charge in [0.15, 0.2) is 5.16 Å². The fourth-order valence-corrected chi connectivity index (χ4v) is 4.61. The molecule has 1 saturated heterocycles. The van der Waals surface area contributed by atoms with E-state index in [0.717, 1.165) is 37.8 Å². The first-order valence-electron chi connectivity index (χ1n) is 11.0. The summed E-state index contributed by atoms with van der Waals surface area (Å²) in [6.07, 6.45) is 0.760. The molecule has 1 N–H and O–H groups in total. The van der Waals surface area contributed by atoms with Gasteiger partial charge in [-0.2, -0.15) is 0 Å². The van der Waals surface area contributed by atoms with Crippen LogP contribution in [0.4, 0.5) is 11.4 Å². The normalized spacial score (nSPS) is 14.2. The molecule has 0 spiro atoms. The van der Waals surface area contributed by atoms with E-state index in [1.54, 1.807) is 28.8 Å². The molecular formula is C23H25N5O5S. The van der Waals surface area contributed by atoms with Crippen LogP contribution >= 0.6 is 11.8 Å². The van der Waals surface area contributed by atoms with Crippen LogP contribution in [0.25, 0.3) is 10.9 Å². The summed E-state index contributed by atoms with van der Waals surface area (Å²) < 4.78 is 7.00. The Kier molecular flexibility index (Phi) is 7.88. The summed E-state index contributed by atoms with van der Waals surface area (Å²) in [5, 5.41) is 14.8. The van der Waals surface area contributed by atoms with Crippen LogP contribution in [0.15, 0.2) is 58.5 Å². The van der Waals surface area contributed by atoms with Gasteiger partial charge in [-0.3, -0.25) is 29.2 Å². The van der Waals surface area contributed by atoms with E-state index < -0.39 is 10.8 Å². The minimum absolute atomic E-state index is 0.0414. The molecule has 4 rings (SSSR count). The highest BCUT2D eigenvalue weighted by atomic mass is 32.2. The highest BCUT2D eigenvalue weighted by Gasteiger charge is 2.17. The maximum absolute atomic E-state index is 13.2. The Labute approximate surface area is 200 Å². The second-order valence-electron chi connectivity index (χ2n) is 7.79. The Morgan fingerprint density at radius 1 is 1.12 bits per heavy atom. The van der Waals surface area contributed by atoms with Crippen molar-refractivity contribution in [1.82, 2.24) is 14.5 Å². The Morgan fingerprint density at radius 2 is 1.85 bits per heavy atom. The predicted molar refractivity (Wildman–Crippen MR) is 130 cm³/mol. The maximum Gasteiger partial charge on any atom is 0.292 e. The monoisotopic (exact) mass is 483 g/mol. The number of nitrogens with one attached hydrogen (secondary N) is 1. The number of anilines is 1. The summed E-state index contributed by atoms with van der Waals surface area (Å²) in [6.45, 7) is 4.49. The van der Waals surface area contributed by atoms with Crippen molar-refractivity contribution in [3.05, 3.63) is 69.0 Å². The van der Waals surface area contributed by atoms with Crippen LogP contribution < -0.4 is 10.9 Å². The molecule has 0 aliphatic carbocycles. The number of fused-ring (bicyclic) bond motifs is 1. The topological polar surface area (TPSA) is 120 Å². The van der Waals surface area contributed by atoms with Crippen LogP contribution in [0.3, 0.4) is 0 Å². The van der Waals surface area contributed by atoms with Crippen molar-refractivity contribution in [3.8, 4) is 0 Å². The predicted octanol–water partition coefficient (Wildman–Crippen LogP) is 2.76. The lowest BCUT2D eigenvalue weighted by Crippen LogP contribution is -2.37. The van der Waals surface area contributed by atoms with Gasteiger partial charge in [0.25, 0.3) is 11.2 Å². The van der Waals surface area contributed by atoms with Crippen molar-refractivity contribution >= 4 is 39.9 Å². The van der Waals surface area contributed by atoms with E-state index in [2.05, 4.69) is 15.2 Å². The second-order valence-corrected chi connectivity index (χ2v) is 8.73. The van der Waals surface area contributed by atoms with Crippen molar-refractivity contribution in [3.63, 3.8) is 0 Å². The molecule has 0 radical (unpaired) electrons. The van der Waals surface area contributed by atoms with E-state index in [-0.39, 0.29) is 22.7 Å². The van der Waals surface area contributed by atoms with E-state index in [0.29, 0.717) is 35.8 Å². The van der Waals surface area contributed by atoms with Crippen LogP contribution in [0.5, 0.6) is 0 Å². The summed E-state index contributed by atoms with van der Waals surface area (Å²) in [5.41, 5.74) is 0.380.